The van der Waals surface area contributed by atoms with Crippen molar-refractivity contribution in [1.82, 2.24) is 0 Å². The van der Waals surface area contributed by atoms with Crippen LogP contribution >= 0.6 is 0 Å². The number of aromatic hydroxyl groups is 1. The first kappa shape index (κ1) is 10.7. The monoisotopic (exact) mass is 214 g/mol. The quantitative estimate of drug-likeness (QED) is 0.824. The second kappa shape index (κ2) is 4.81. The number of aliphatic hydroxyl groups is 1. The predicted octanol–water partition coefficient (Wildman–Crippen LogP) is 2.94. The molecule has 2 aromatic rings. The van der Waals surface area contributed by atoms with Crippen molar-refractivity contribution in [3.05, 3.63) is 48.0 Å². The Morgan fingerprint density at radius 3 is 2.69 bits per heavy atom. The van der Waals surface area contributed by atoms with E-state index in [1.54, 1.807) is 6.07 Å². The van der Waals surface area contributed by atoms with Crippen LogP contribution in [0.4, 0.5) is 0 Å². The molecule has 0 amide bonds. The summed E-state index contributed by atoms with van der Waals surface area (Å²) in [4.78, 5) is 0. The molecule has 2 nitrogen and oxygen atoms in total. The van der Waals surface area contributed by atoms with Crippen molar-refractivity contribution in [3.8, 4) is 5.75 Å². The molecule has 16 heavy (non-hydrogen) atoms. The minimum Gasteiger partial charge on any atom is -0.507 e. The van der Waals surface area contributed by atoms with Gasteiger partial charge in [0.2, 0.25) is 0 Å². The summed E-state index contributed by atoms with van der Waals surface area (Å²) in [6, 6.07) is 11.5. The van der Waals surface area contributed by atoms with Crippen LogP contribution in [-0.4, -0.2) is 16.8 Å². The lowest BCUT2D eigenvalue weighted by molar-refractivity contribution is 0.303. The number of phenolic OH excluding ortho intramolecular Hbond substituents is 1. The summed E-state index contributed by atoms with van der Waals surface area (Å²) in [6.07, 6.45) is 4.32. The average molecular weight is 214 g/mol. The first-order valence-electron chi connectivity index (χ1n) is 5.31. The van der Waals surface area contributed by atoms with Gasteiger partial charge in [0.05, 0.1) is 0 Å². The Bertz CT molecular complexity index is 515. The summed E-state index contributed by atoms with van der Waals surface area (Å²) in [6.45, 7) is 0.127. The molecule has 2 N–H and O–H groups in total. The number of hydrogen-bond acceptors (Lipinski definition) is 2. The molecule has 0 saturated heterocycles. The third-order valence-corrected chi connectivity index (χ3v) is 2.53. The average Bonchev–Trinajstić information content (AvgIpc) is 2.32. The Labute approximate surface area is 94.5 Å². The molecule has 82 valence electrons. The first-order valence-corrected chi connectivity index (χ1v) is 5.31. The first-order chi connectivity index (χ1) is 7.83. The van der Waals surface area contributed by atoms with Crippen LogP contribution in [0.25, 0.3) is 16.8 Å². The summed E-state index contributed by atoms with van der Waals surface area (Å²) in [5, 5.41) is 20.6. The van der Waals surface area contributed by atoms with E-state index >= 15 is 0 Å². The minimum atomic E-state index is 0.127. The Kier molecular flexibility index (Phi) is 3.22. The van der Waals surface area contributed by atoms with Crippen LogP contribution in [0.15, 0.2) is 42.5 Å². The van der Waals surface area contributed by atoms with E-state index in [0.717, 1.165) is 16.3 Å². The maximum atomic E-state index is 9.79. The van der Waals surface area contributed by atoms with E-state index < -0.39 is 0 Å². The zero-order valence-corrected chi connectivity index (χ0v) is 8.93. The third kappa shape index (κ3) is 2.07. The lowest BCUT2D eigenvalue weighted by Gasteiger charge is -2.04. The number of benzene rings is 2. The zero-order valence-electron chi connectivity index (χ0n) is 8.93. The van der Waals surface area contributed by atoms with Gasteiger partial charge in [0.1, 0.15) is 5.75 Å². The van der Waals surface area contributed by atoms with Gasteiger partial charge in [-0.1, -0.05) is 42.5 Å². The van der Waals surface area contributed by atoms with Crippen LogP contribution in [0.3, 0.4) is 0 Å². The number of phenols is 1. The molecule has 0 fully saturated rings. The van der Waals surface area contributed by atoms with Crippen LogP contribution < -0.4 is 0 Å². The van der Waals surface area contributed by atoms with E-state index in [0.29, 0.717) is 6.42 Å². The molecule has 0 bridgehead atoms. The molecule has 0 spiro atoms. The van der Waals surface area contributed by atoms with E-state index in [1.807, 2.05) is 42.5 Å². The molecule has 0 atom stereocenters. The van der Waals surface area contributed by atoms with E-state index in [4.69, 9.17) is 5.11 Å². The Morgan fingerprint density at radius 2 is 1.88 bits per heavy atom. The largest absolute Gasteiger partial charge is 0.507 e. The normalized spacial score (nSPS) is 11.3. The Hall–Kier alpha value is -1.80. The van der Waals surface area contributed by atoms with Crippen LogP contribution in [0.1, 0.15) is 12.0 Å². The van der Waals surface area contributed by atoms with Crippen LogP contribution in [0.5, 0.6) is 5.75 Å². The highest BCUT2D eigenvalue weighted by Gasteiger charge is 2.02. The Balaban J connectivity index is 2.52. The smallest absolute Gasteiger partial charge is 0.123 e. The standard InChI is InChI=1S/C14H14O2/c15-10-4-3-7-13-12-6-2-1-5-11(12)8-9-14(13)16/h1-3,5-9,15-16H,4,10H2. The number of fused-ring (bicyclic) bond motifs is 1. The second-order valence-corrected chi connectivity index (χ2v) is 3.63. The maximum Gasteiger partial charge on any atom is 0.123 e. The maximum absolute atomic E-state index is 9.79. The molecular formula is C14H14O2. The predicted molar refractivity (Wildman–Crippen MR) is 66.3 cm³/mol. The van der Waals surface area contributed by atoms with Crippen molar-refractivity contribution in [2.24, 2.45) is 0 Å². The lowest BCUT2D eigenvalue weighted by Crippen LogP contribution is -1.81. The minimum absolute atomic E-state index is 0.127. The van der Waals surface area contributed by atoms with Gasteiger partial charge < -0.3 is 10.2 Å². The molecule has 0 aliphatic carbocycles. The summed E-state index contributed by atoms with van der Waals surface area (Å²) in [5.41, 5.74) is 0.812. The molecule has 0 unspecified atom stereocenters. The van der Waals surface area contributed by atoms with Crippen LogP contribution in [0.2, 0.25) is 0 Å². The van der Waals surface area contributed by atoms with Crippen molar-refractivity contribution in [2.75, 3.05) is 6.61 Å². The fourth-order valence-corrected chi connectivity index (χ4v) is 1.73. The van der Waals surface area contributed by atoms with E-state index in [2.05, 4.69) is 0 Å². The van der Waals surface area contributed by atoms with Crippen LogP contribution in [-0.2, 0) is 0 Å². The highest BCUT2D eigenvalue weighted by Crippen LogP contribution is 2.28. The van der Waals surface area contributed by atoms with Gasteiger partial charge in [0.15, 0.2) is 0 Å². The van der Waals surface area contributed by atoms with Gasteiger partial charge in [-0.05, 0) is 23.3 Å². The summed E-state index contributed by atoms with van der Waals surface area (Å²) >= 11 is 0. The molecule has 2 aromatic carbocycles. The van der Waals surface area contributed by atoms with Crippen molar-refractivity contribution in [2.45, 2.75) is 6.42 Å². The van der Waals surface area contributed by atoms with Gasteiger partial charge in [-0.2, -0.15) is 0 Å². The molecule has 0 aliphatic heterocycles. The molecule has 0 aliphatic rings. The highest BCUT2D eigenvalue weighted by molar-refractivity contribution is 5.92. The van der Waals surface area contributed by atoms with Gasteiger partial charge in [-0.3, -0.25) is 0 Å². The number of hydrogen-bond donors (Lipinski definition) is 2. The van der Waals surface area contributed by atoms with E-state index in [1.165, 1.54) is 0 Å². The Morgan fingerprint density at radius 1 is 1.06 bits per heavy atom. The van der Waals surface area contributed by atoms with Gasteiger partial charge in [0, 0.05) is 12.2 Å². The van der Waals surface area contributed by atoms with Gasteiger partial charge in [-0.15, -0.1) is 0 Å². The van der Waals surface area contributed by atoms with Crippen LogP contribution in [0, 0.1) is 0 Å². The topological polar surface area (TPSA) is 40.5 Å². The third-order valence-electron chi connectivity index (χ3n) is 2.53. The van der Waals surface area contributed by atoms with E-state index in [-0.39, 0.29) is 12.4 Å². The molecular weight excluding hydrogens is 200 g/mol. The highest BCUT2D eigenvalue weighted by atomic mass is 16.3. The van der Waals surface area contributed by atoms with E-state index in [9.17, 15) is 5.11 Å². The fraction of sp³-hybridized carbons (Fsp3) is 0.143. The number of rotatable bonds is 3. The molecule has 0 saturated carbocycles. The SMILES string of the molecule is OCCC=Cc1c(O)ccc2ccccc12. The van der Waals surface area contributed by atoms with Crippen molar-refractivity contribution in [1.29, 1.82) is 0 Å². The molecule has 2 rings (SSSR count). The summed E-state index contributed by atoms with van der Waals surface area (Å²) in [7, 11) is 0. The van der Waals surface area contributed by atoms with Crippen molar-refractivity contribution < 1.29 is 10.2 Å². The van der Waals surface area contributed by atoms with Gasteiger partial charge in [0.25, 0.3) is 0 Å². The van der Waals surface area contributed by atoms with Gasteiger partial charge >= 0.3 is 0 Å². The van der Waals surface area contributed by atoms with Crippen molar-refractivity contribution >= 4 is 16.8 Å². The summed E-state index contributed by atoms with van der Waals surface area (Å²) in [5.74, 6) is 0.271. The summed E-state index contributed by atoms with van der Waals surface area (Å²) < 4.78 is 0. The molecule has 2 heteroatoms. The lowest BCUT2D eigenvalue weighted by atomic mass is 10.0. The molecule has 0 radical (unpaired) electrons. The molecule has 0 heterocycles. The zero-order chi connectivity index (χ0) is 11.4. The van der Waals surface area contributed by atoms with Gasteiger partial charge in [-0.25, -0.2) is 0 Å². The second-order valence-electron chi connectivity index (χ2n) is 3.63. The number of aliphatic hydroxyl groups excluding tert-OH is 1. The van der Waals surface area contributed by atoms with Crippen molar-refractivity contribution in [3.63, 3.8) is 0 Å². The molecule has 0 aromatic heterocycles. The fourth-order valence-electron chi connectivity index (χ4n) is 1.73.